The van der Waals surface area contributed by atoms with E-state index in [1.807, 2.05) is 50.5 Å². The maximum Gasteiger partial charge on any atom is 0.221 e. The topological polar surface area (TPSA) is 54.0 Å². The number of amides is 1. The Morgan fingerprint density at radius 1 is 1.23 bits per heavy atom. The number of nitrogens with zero attached hydrogens (tertiary/aromatic N) is 2. The summed E-state index contributed by atoms with van der Waals surface area (Å²) in [5, 5.41) is 2.83. The Labute approximate surface area is 155 Å². The normalized spacial score (nSPS) is 14.1. The number of benzene rings is 1. The van der Waals surface area contributed by atoms with Gasteiger partial charge in [0.05, 0.1) is 31.2 Å². The van der Waals surface area contributed by atoms with E-state index < -0.39 is 0 Å². The van der Waals surface area contributed by atoms with Crippen LogP contribution in [0.4, 0.5) is 0 Å². The summed E-state index contributed by atoms with van der Waals surface area (Å²) in [6.45, 7) is 6.20. The Bertz CT molecular complexity index is 754. The van der Waals surface area contributed by atoms with E-state index in [0.29, 0.717) is 12.2 Å². The summed E-state index contributed by atoms with van der Waals surface area (Å²) < 4.78 is 11.2. The molecule has 0 aromatic heterocycles. The highest BCUT2D eigenvalue weighted by Crippen LogP contribution is 2.36. The van der Waals surface area contributed by atoms with Gasteiger partial charge in [-0.15, -0.1) is 0 Å². The van der Waals surface area contributed by atoms with Crippen LogP contribution in [0.1, 0.15) is 18.1 Å². The Balaban J connectivity index is 2.53. The number of methoxy groups -OCH3 is 2. The van der Waals surface area contributed by atoms with Crippen molar-refractivity contribution in [3.8, 4) is 11.5 Å². The van der Waals surface area contributed by atoms with Gasteiger partial charge in [-0.1, -0.05) is 6.58 Å². The lowest BCUT2D eigenvalue weighted by atomic mass is 9.99. The van der Waals surface area contributed by atoms with Crippen LogP contribution in [0.25, 0.3) is 5.57 Å². The molecule has 0 aliphatic carbocycles. The molecule has 0 atom stereocenters. The van der Waals surface area contributed by atoms with Gasteiger partial charge in [-0.05, 0) is 37.9 Å². The molecule has 1 aromatic carbocycles. The largest absolute Gasteiger partial charge is 0.496 e. The van der Waals surface area contributed by atoms with Gasteiger partial charge in [-0.25, -0.2) is 0 Å². The monoisotopic (exact) mass is 357 g/mol. The van der Waals surface area contributed by atoms with Crippen molar-refractivity contribution in [1.82, 2.24) is 15.1 Å². The van der Waals surface area contributed by atoms with Crippen LogP contribution in [0.3, 0.4) is 0 Å². The number of likely N-dealkylation sites (N-methyl/N-ethyl adjacent to an activating group) is 1. The van der Waals surface area contributed by atoms with E-state index in [1.165, 1.54) is 6.92 Å². The van der Waals surface area contributed by atoms with Crippen LogP contribution in [-0.2, 0) is 11.3 Å². The van der Waals surface area contributed by atoms with Gasteiger partial charge in [0.25, 0.3) is 0 Å². The minimum absolute atomic E-state index is 0.136. The molecule has 0 fully saturated rings. The zero-order valence-corrected chi connectivity index (χ0v) is 16.3. The molecule has 1 aliphatic rings. The number of carbonyl (C=O) groups is 1. The number of nitrogens with one attached hydrogen (secondary N) is 1. The van der Waals surface area contributed by atoms with Crippen LogP contribution in [0.2, 0.25) is 0 Å². The van der Waals surface area contributed by atoms with Crippen LogP contribution in [-0.4, -0.2) is 51.1 Å². The van der Waals surface area contributed by atoms with Gasteiger partial charge in [0, 0.05) is 32.3 Å². The van der Waals surface area contributed by atoms with Gasteiger partial charge < -0.3 is 24.6 Å². The van der Waals surface area contributed by atoms with Crippen LogP contribution < -0.4 is 14.8 Å². The second kappa shape index (κ2) is 8.10. The molecule has 26 heavy (non-hydrogen) atoms. The van der Waals surface area contributed by atoms with Crippen molar-refractivity contribution in [3.63, 3.8) is 0 Å². The van der Waals surface area contributed by atoms with E-state index in [9.17, 15) is 4.79 Å². The van der Waals surface area contributed by atoms with Gasteiger partial charge in [-0.3, -0.25) is 4.79 Å². The number of ether oxygens (including phenoxy) is 2. The van der Waals surface area contributed by atoms with E-state index in [1.54, 1.807) is 14.2 Å². The Morgan fingerprint density at radius 3 is 2.27 bits per heavy atom. The van der Waals surface area contributed by atoms with E-state index >= 15 is 0 Å². The van der Waals surface area contributed by atoms with Crippen LogP contribution in [0, 0.1) is 0 Å². The third-order valence-corrected chi connectivity index (χ3v) is 4.10. The molecule has 1 aliphatic heterocycles. The quantitative estimate of drug-likeness (QED) is 0.848. The van der Waals surface area contributed by atoms with Crippen LogP contribution in [0.15, 0.2) is 42.4 Å². The first-order chi connectivity index (χ1) is 12.3. The highest BCUT2D eigenvalue weighted by molar-refractivity contribution is 5.82. The maximum atomic E-state index is 11.5. The molecule has 0 bridgehead atoms. The third kappa shape index (κ3) is 4.26. The van der Waals surface area contributed by atoms with Crippen LogP contribution >= 0.6 is 0 Å². The van der Waals surface area contributed by atoms with Crippen molar-refractivity contribution in [2.45, 2.75) is 13.5 Å². The molecule has 1 heterocycles. The van der Waals surface area contributed by atoms with Crippen molar-refractivity contribution in [2.75, 3.05) is 35.4 Å². The number of allylic oxidation sites excluding steroid dienone is 2. The summed E-state index contributed by atoms with van der Waals surface area (Å²) in [6.07, 6.45) is 3.87. The molecule has 1 aromatic rings. The SMILES string of the molecule is C=C1C(NC(C)=O)=CC(c2cc(OC)c(CN(C)C)c(OC)c2)=CN1C. The molecule has 0 unspecified atom stereocenters. The molecule has 0 spiro atoms. The second-order valence-corrected chi connectivity index (χ2v) is 6.48. The summed E-state index contributed by atoms with van der Waals surface area (Å²) in [5.41, 5.74) is 4.25. The van der Waals surface area contributed by atoms with Gasteiger partial charge >= 0.3 is 0 Å². The Morgan fingerprint density at radius 2 is 1.81 bits per heavy atom. The summed E-state index contributed by atoms with van der Waals surface area (Å²) in [6, 6.07) is 3.97. The smallest absolute Gasteiger partial charge is 0.221 e. The van der Waals surface area contributed by atoms with E-state index in [2.05, 4.69) is 16.8 Å². The minimum Gasteiger partial charge on any atom is -0.496 e. The Hall–Kier alpha value is -2.73. The number of hydrogen-bond donors (Lipinski definition) is 1. The molecule has 0 saturated heterocycles. The van der Waals surface area contributed by atoms with Crippen molar-refractivity contribution >= 4 is 11.5 Å². The summed E-state index contributed by atoms with van der Waals surface area (Å²) in [5.74, 6) is 1.38. The van der Waals surface area contributed by atoms with Gasteiger partial charge in [-0.2, -0.15) is 0 Å². The van der Waals surface area contributed by atoms with Gasteiger partial charge in [0.1, 0.15) is 11.5 Å². The lowest BCUT2D eigenvalue weighted by molar-refractivity contribution is -0.118. The molecule has 0 saturated carbocycles. The maximum absolute atomic E-state index is 11.5. The molecular weight excluding hydrogens is 330 g/mol. The van der Waals surface area contributed by atoms with E-state index in [4.69, 9.17) is 9.47 Å². The molecule has 1 N–H and O–H groups in total. The fourth-order valence-electron chi connectivity index (χ4n) is 2.83. The lowest BCUT2D eigenvalue weighted by Crippen LogP contribution is -2.27. The highest BCUT2D eigenvalue weighted by Gasteiger charge is 2.19. The predicted molar refractivity (Wildman–Crippen MR) is 104 cm³/mol. The fraction of sp³-hybridized carbons (Fsp3) is 0.350. The zero-order valence-electron chi connectivity index (χ0n) is 16.3. The molecule has 6 heteroatoms. The fourth-order valence-corrected chi connectivity index (χ4v) is 2.83. The summed E-state index contributed by atoms with van der Waals surface area (Å²) in [7, 11) is 9.20. The second-order valence-electron chi connectivity index (χ2n) is 6.48. The molecule has 6 nitrogen and oxygen atoms in total. The van der Waals surface area contributed by atoms with Crippen molar-refractivity contribution in [3.05, 3.63) is 53.5 Å². The molecule has 1 amide bonds. The Kier molecular flexibility index (Phi) is 6.10. The van der Waals surface area contributed by atoms with E-state index in [0.717, 1.165) is 33.9 Å². The molecule has 2 rings (SSSR count). The minimum atomic E-state index is -0.136. The highest BCUT2D eigenvalue weighted by atomic mass is 16.5. The first kappa shape index (κ1) is 19.6. The zero-order chi connectivity index (χ0) is 19.4. The van der Waals surface area contributed by atoms with E-state index in [-0.39, 0.29) is 5.91 Å². The average Bonchev–Trinajstić information content (AvgIpc) is 2.57. The molecule has 140 valence electrons. The third-order valence-electron chi connectivity index (χ3n) is 4.10. The average molecular weight is 357 g/mol. The number of hydrogen-bond acceptors (Lipinski definition) is 5. The van der Waals surface area contributed by atoms with Gasteiger partial charge in [0.2, 0.25) is 5.91 Å². The summed E-state index contributed by atoms with van der Waals surface area (Å²) >= 11 is 0. The van der Waals surface area contributed by atoms with Crippen molar-refractivity contribution in [2.24, 2.45) is 0 Å². The first-order valence-electron chi connectivity index (χ1n) is 8.30. The van der Waals surface area contributed by atoms with Gasteiger partial charge in [0.15, 0.2) is 0 Å². The standard InChI is InChI=1S/C20H27N3O3/c1-13-18(21-14(2)24)8-16(11-23(13)5)15-9-19(25-6)17(12-22(3)4)20(10-15)26-7/h8-11H,1,12H2,2-7H3,(H,21,24). The summed E-state index contributed by atoms with van der Waals surface area (Å²) in [4.78, 5) is 15.4. The van der Waals surface area contributed by atoms with Crippen molar-refractivity contribution < 1.29 is 14.3 Å². The van der Waals surface area contributed by atoms with Crippen LogP contribution in [0.5, 0.6) is 11.5 Å². The number of carbonyl (C=O) groups excluding carboxylic acids is 1. The lowest BCUT2D eigenvalue weighted by Gasteiger charge is -2.26. The molecule has 0 radical (unpaired) electrons. The molecular formula is C20H27N3O3. The number of rotatable bonds is 6. The first-order valence-corrected chi connectivity index (χ1v) is 8.30. The van der Waals surface area contributed by atoms with Crippen molar-refractivity contribution in [1.29, 1.82) is 0 Å². The predicted octanol–water partition coefficient (Wildman–Crippen LogP) is 2.59.